The molecule has 1 unspecified atom stereocenters. The maximum absolute atomic E-state index is 13.6. The third-order valence-electron chi connectivity index (χ3n) is 5.01. The van der Waals surface area contributed by atoms with Gasteiger partial charge in [0.2, 0.25) is 0 Å². The van der Waals surface area contributed by atoms with Crippen molar-refractivity contribution < 1.29 is 28.7 Å². The van der Waals surface area contributed by atoms with E-state index < -0.39 is 28.9 Å². The molecule has 0 aliphatic carbocycles. The zero-order chi connectivity index (χ0) is 22.7. The molecule has 0 saturated carbocycles. The van der Waals surface area contributed by atoms with Crippen LogP contribution < -0.4 is 0 Å². The zero-order valence-electron chi connectivity index (χ0n) is 18.2. The number of hydrogen-bond acceptors (Lipinski definition) is 8. The van der Waals surface area contributed by atoms with Gasteiger partial charge in [0.05, 0.1) is 0 Å². The van der Waals surface area contributed by atoms with Gasteiger partial charge in [-0.2, -0.15) is 0 Å². The van der Waals surface area contributed by atoms with E-state index >= 15 is 0 Å². The van der Waals surface area contributed by atoms with Crippen LogP contribution in [-0.2, 0) is 28.7 Å². The van der Waals surface area contributed by atoms with E-state index in [0.717, 1.165) is 23.5 Å². The molecule has 0 aromatic carbocycles. The normalized spacial score (nSPS) is 20.9. The summed E-state index contributed by atoms with van der Waals surface area (Å²) in [6.07, 6.45) is 1.37. The first-order valence-corrected chi connectivity index (χ1v) is 12.0. The van der Waals surface area contributed by atoms with Gasteiger partial charge in [-0.25, -0.2) is 14.8 Å². The number of rotatable bonds is 7. The Labute approximate surface area is 185 Å². The lowest BCUT2D eigenvalue weighted by atomic mass is 9.81. The molecule has 0 radical (unpaired) electrons. The number of nitrogens with zero attached hydrogens (tertiary/aromatic N) is 2. The number of ether oxygens (including phenoxy) is 1. The summed E-state index contributed by atoms with van der Waals surface area (Å²) in [6.45, 7) is 8.49. The quantitative estimate of drug-likeness (QED) is 0.423. The molecule has 0 N–H and O–H groups in total. The highest BCUT2D eigenvalue weighted by atomic mass is 32.2. The van der Waals surface area contributed by atoms with Gasteiger partial charge in [-0.3, -0.25) is 19.2 Å². The van der Waals surface area contributed by atoms with Crippen LogP contribution in [0.3, 0.4) is 0 Å². The Morgan fingerprint density at radius 3 is 2.03 bits per heavy atom. The third kappa shape index (κ3) is 5.57. The number of hydrogen-bond donors (Lipinski definition) is 0. The van der Waals surface area contributed by atoms with Gasteiger partial charge in [-0.15, -0.1) is 0 Å². The van der Waals surface area contributed by atoms with Crippen LogP contribution in [0.4, 0.5) is 0 Å². The van der Waals surface area contributed by atoms with Gasteiger partial charge in [-0.1, -0.05) is 23.5 Å². The predicted octanol–water partition coefficient (Wildman–Crippen LogP) is 2.40. The molecule has 2 aliphatic rings. The summed E-state index contributed by atoms with van der Waals surface area (Å²) in [5.74, 6) is -0.682. The maximum Gasteiger partial charge on any atom is 0.331 e. The highest BCUT2D eigenvalue weighted by Crippen LogP contribution is 2.43. The van der Waals surface area contributed by atoms with Gasteiger partial charge in [-0.05, 0) is 46.5 Å². The van der Waals surface area contributed by atoms with Crippen molar-refractivity contribution in [3.8, 4) is 0 Å². The average molecular weight is 459 g/mol. The molecule has 0 aromatic rings. The number of esters is 1. The van der Waals surface area contributed by atoms with Crippen LogP contribution in [0.15, 0.2) is 0 Å². The predicted molar refractivity (Wildman–Crippen MR) is 115 cm³/mol. The van der Waals surface area contributed by atoms with Crippen molar-refractivity contribution in [3.05, 3.63) is 0 Å². The molecule has 10 heteroatoms. The Morgan fingerprint density at radius 2 is 1.57 bits per heavy atom. The number of amides is 2. The molecule has 1 atom stereocenters. The molecule has 2 heterocycles. The van der Waals surface area contributed by atoms with Gasteiger partial charge in [0, 0.05) is 31.9 Å². The molecule has 2 saturated heterocycles. The van der Waals surface area contributed by atoms with E-state index in [2.05, 4.69) is 0 Å². The van der Waals surface area contributed by atoms with E-state index in [0.29, 0.717) is 30.9 Å². The summed E-state index contributed by atoms with van der Waals surface area (Å²) >= 11 is 2.13. The SMILES string of the molecule is CC(=O)SCCC1(CCSC(C)=O)C(=O)N2CCCC(C(=O)OC(C)(C)C)N2C1=O. The lowest BCUT2D eigenvalue weighted by Gasteiger charge is -2.38. The van der Waals surface area contributed by atoms with E-state index in [9.17, 15) is 24.0 Å². The Morgan fingerprint density at radius 1 is 1.03 bits per heavy atom. The third-order valence-corrected chi connectivity index (χ3v) is 6.64. The molecule has 0 bridgehead atoms. The van der Waals surface area contributed by atoms with Gasteiger partial charge in [0.15, 0.2) is 16.3 Å². The lowest BCUT2D eigenvalue weighted by Crippen LogP contribution is -2.55. The minimum Gasteiger partial charge on any atom is -0.458 e. The topological polar surface area (TPSA) is 101 Å². The molecule has 0 spiro atoms. The van der Waals surface area contributed by atoms with Crippen LogP contribution >= 0.6 is 23.5 Å². The van der Waals surface area contributed by atoms with Crippen LogP contribution in [0.25, 0.3) is 0 Å². The van der Waals surface area contributed by atoms with Crippen molar-refractivity contribution >= 4 is 51.5 Å². The Kier molecular flexibility index (Phi) is 8.01. The minimum atomic E-state index is -1.37. The lowest BCUT2D eigenvalue weighted by molar-refractivity contribution is -0.179. The first kappa shape index (κ1) is 24.7. The summed E-state index contributed by atoms with van der Waals surface area (Å²) < 4.78 is 5.49. The van der Waals surface area contributed by atoms with Crippen LogP contribution in [-0.4, -0.2) is 67.7 Å². The first-order chi connectivity index (χ1) is 13.9. The molecule has 2 rings (SSSR count). The number of carbonyl (C=O) groups excluding carboxylic acids is 5. The Hall–Kier alpha value is -1.55. The van der Waals surface area contributed by atoms with E-state index in [4.69, 9.17) is 4.74 Å². The van der Waals surface area contributed by atoms with Crippen LogP contribution in [0.1, 0.15) is 60.3 Å². The highest BCUT2D eigenvalue weighted by Gasteiger charge is 2.61. The second-order valence-corrected chi connectivity index (χ2v) is 11.1. The van der Waals surface area contributed by atoms with E-state index in [-0.39, 0.29) is 29.0 Å². The van der Waals surface area contributed by atoms with E-state index in [1.165, 1.54) is 23.9 Å². The first-order valence-electron chi connectivity index (χ1n) is 10.0. The van der Waals surface area contributed by atoms with Gasteiger partial charge in [0.25, 0.3) is 11.8 Å². The summed E-state index contributed by atoms with van der Waals surface area (Å²) in [6, 6.07) is -0.850. The van der Waals surface area contributed by atoms with Gasteiger partial charge >= 0.3 is 5.97 Å². The Balaban J connectivity index is 2.32. The standard InChI is InChI=1S/C20H30N2O6S2/c1-13(23)29-11-8-20(9-12-30-14(2)24)17(26)21-10-6-7-15(22(21)18(20)27)16(25)28-19(3,4)5/h15H,6-12H2,1-5H3. The Bertz CT molecular complexity index is 713. The summed E-state index contributed by atoms with van der Waals surface area (Å²) in [7, 11) is 0. The molecule has 8 nitrogen and oxygen atoms in total. The van der Waals surface area contributed by atoms with Gasteiger partial charge in [0.1, 0.15) is 11.0 Å². The molecule has 2 fully saturated rings. The molecule has 168 valence electrons. The fourth-order valence-electron chi connectivity index (χ4n) is 3.72. The second kappa shape index (κ2) is 9.72. The monoisotopic (exact) mass is 458 g/mol. The zero-order valence-corrected chi connectivity index (χ0v) is 19.8. The number of thioether (sulfide) groups is 2. The molecular formula is C20H30N2O6S2. The fourth-order valence-corrected chi connectivity index (χ4v) is 5.20. The minimum absolute atomic E-state index is 0.0918. The summed E-state index contributed by atoms with van der Waals surface area (Å²) in [5.41, 5.74) is -2.07. The molecule has 2 aliphatic heterocycles. The van der Waals surface area contributed by atoms with Gasteiger partial charge < -0.3 is 4.74 Å². The fraction of sp³-hybridized carbons (Fsp3) is 0.750. The average Bonchev–Trinajstić information content (AvgIpc) is 2.82. The molecule has 0 aromatic heterocycles. The van der Waals surface area contributed by atoms with Crippen molar-refractivity contribution in [3.63, 3.8) is 0 Å². The summed E-state index contributed by atoms with van der Waals surface area (Å²) in [5, 5.41) is 2.46. The molecular weight excluding hydrogens is 428 g/mol. The van der Waals surface area contributed by atoms with E-state index in [1.54, 1.807) is 20.8 Å². The largest absolute Gasteiger partial charge is 0.458 e. The maximum atomic E-state index is 13.6. The molecule has 30 heavy (non-hydrogen) atoms. The van der Waals surface area contributed by atoms with Crippen molar-refractivity contribution in [2.24, 2.45) is 5.41 Å². The van der Waals surface area contributed by atoms with Crippen LogP contribution in [0, 0.1) is 5.41 Å². The molecule has 2 amide bonds. The highest BCUT2D eigenvalue weighted by molar-refractivity contribution is 8.13. The summed E-state index contributed by atoms with van der Waals surface area (Å²) in [4.78, 5) is 62.5. The van der Waals surface area contributed by atoms with Crippen molar-refractivity contribution in [1.29, 1.82) is 0 Å². The van der Waals surface area contributed by atoms with Crippen molar-refractivity contribution in [2.75, 3.05) is 18.1 Å². The van der Waals surface area contributed by atoms with E-state index in [1.807, 2.05) is 0 Å². The smallest absolute Gasteiger partial charge is 0.331 e. The van der Waals surface area contributed by atoms with Crippen LogP contribution in [0.2, 0.25) is 0 Å². The van der Waals surface area contributed by atoms with Crippen molar-refractivity contribution in [2.45, 2.75) is 71.9 Å². The second-order valence-electron chi connectivity index (χ2n) is 8.53. The number of hydrazine groups is 1. The number of carbonyl (C=O) groups is 5. The number of fused-ring (bicyclic) bond motifs is 1. The van der Waals surface area contributed by atoms with Crippen molar-refractivity contribution in [1.82, 2.24) is 10.0 Å². The van der Waals surface area contributed by atoms with Crippen LogP contribution in [0.5, 0.6) is 0 Å².